The number of hydrogen-bond donors (Lipinski definition) is 3. The van der Waals surface area contributed by atoms with E-state index in [2.05, 4.69) is 39.9 Å². The van der Waals surface area contributed by atoms with Crippen molar-refractivity contribution in [1.29, 1.82) is 0 Å². The van der Waals surface area contributed by atoms with Gasteiger partial charge >= 0.3 is 23.8 Å². The molecule has 1 aliphatic rings. The first-order chi connectivity index (χ1) is 16.5. The zero-order valence-electron chi connectivity index (χ0n) is 18.9. The second-order valence-electron chi connectivity index (χ2n) is 8.51. The number of rotatable bonds is 9. The van der Waals surface area contributed by atoms with Gasteiger partial charge in [-0.25, -0.2) is 0 Å². The van der Waals surface area contributed by atoms with E-state index in [0.29, 0.717) is 43.7 Å². The SMILES string of the molecule is C[C@H](CNc1nnc(C(=O)Nc2ccc(OC3CCC(C(=O)O)CC3)cc2)o1)c1ccccc1. The maximum atomic E-state index is 12.5. The van der Waals surface area contributed by atoms with Crippen molar-refractivity contribution in [1.82, 2.24) is 10.2 Å². The number of benzene rings is 2. The third kappa shape index (κ3) is 6.12. The van der Waals surface area contributed by atoms with Gasteiger partial charge in [0, 0.05) is 12.2 Å². The van der Waals surface area contributed by atoms with Crippen LogP contribution in [0.1, 0.15) is 54.8 Å². The summed E-state index contributed by atoms with van der Waals surface area (Å²) >= 11 is 0. The summed E-state index contributed by atoms with van der Waals surface area (Å²) in [5.41, 5.74) is 1.75. The molecule has 0 bridgehead atoms. The lowest BCUT2D eigenvalue weighted by Gasteiger charge is -2.26. The molecule has 9 nitrogen and oxygen atoms in total. The van der Waals surface area contributed by atoms with Gasteiger partial charge in [-0.3, -0.25) is 9.59 Å². The third-order valence-corrected chi connectivity index (χ3v) is 5.99. The number of carboxylic acid groups (broad SMARTS) is 1. The van der Waals surface area contributed by atoms with Crippen molar-refractivity contribution in [2.45, 2.75) is 44.6 Å². The molecule has 1 aliphatic carbocycles. The first-order valence-corrected chi connectivity index (χ1v) is 11.4. The Hall–Kier alpha value is -3.88. The Morgan fingerprint density at radius 2 is 1.76 bits per heavy atom. The minimum atomic E-state index is -0.732. The van der Waals surface area contributed by atoms with Crippen molar-refractivity contribution >= 4 is 23.6 Å². The molecule has 0 saturated heterocycles. The number of anilines is 2. The minimum absolute atomic E-state index is 0.00460. The van der Waals surface area contributed by atoms with Crippen LogP contribution in [0.2, 0.25) is 0 Å². The van der Waals surface area contributed by atoms with Crippen molar-refractivity contribution in [2.75, 3.05) is 17.2 Å². The van der Waals surface area contributed by atoms with Crippen LogP contribution in [0.3, 0.4) is 0 Å². The lowest BCUT2D eigenvalue weighted by molar-refractivity contribution is -0.143. The molecule has 3 aromatic rings. The lowest BCUT2D eigenvalue weighted by atomic mass is 9.87. The minimum Gasteiger partial charge on any atom is -0.490 e. The Balaban J connectivity index is 1.25. The van der Waals surface area contributed by atoms with E-state index in [9.17, 15) is 9.59 Å². The molecular weight excluding hydrogens is 436 g/mol. The van der Waals surface area contributed by atoms with Crippen molar-refractivity contribution < 1.29 is 23.8 Å². The monoisotopic (exact) mass is 464 g/mol. The van der Waals surface area contributed by atoms with Crippen molar-refractivity contribution in [3.05, 3.63) is 66.1 Å². The predicted molar refractivity (Wildman–Crippen MR) is 126 cm³/mol. The van der Waals surface area contributed by atoms with E-state index in [1.807, 2.05) is 18.2 Å². The highest BCUT2D eigenvalue weighted by atomic mass is 16.5. The van der Waals surface area contributed by atoms with E-state index in [0.717, 1.165) is 0 Å². The van der Waals surface area contributed by atoms with Gasteiger partial charge in [-0.05, 0) is 61.4 Å². The number of carbonyl (C=O) groups is 2. The van der Waals surface area contributed by atoms with Gasteiger partial charge in [-0.1, -0.05) is 42.4 Å². The summed E-state index contributed by atoms with van der Waals surface area (Å²) in [4.78, 5) is 23.5. The van der Waals surface area contributed by atoms with Crippen LogP contribution in [0.25, 0.3) is 0 Å². The molecule has 0 unspecified atom stereocenters. The maximum absolute atomic E-state index is 12.5. The smallest absolute Gasteiger partial charge is 0.315 e. The van der Waals surface area contributed by atoms with E-state index >= 15 is 0 Å². The van der Waals surface area contributed by atoms with Gasteiger partial charge < -0.3 is 24.9 Å². The number of aliphatic carboxylic acids is 1. The average molecular weight is 465 g/mol. The van der Waals surface area contributed by atoms with Gasteiger partial charge in [0.2, 0.25) is 0 Å². The number of amides is 1. The van der Waals surface area contributed by atoms with Crippen LogP contribution >= 0.6 is 0 Å². The molecule has 0 radical (unpaired) electrons. The van der Waals surface area contributed by atoms with Gasteiger partial charge in [0.05, 0.1) is 12.0 Å². The maximum Gasteiger partial charge on any atom is 0.315 e. The van der Waals surface area contributed by atoms with E-state index in [1.165, 1.54) is 5.56 Å². The molecule has 0 aliphatic heterocycles. The van der Waals surface area contributed by atoms with Gasteiger partial charge in [0.1, 0.15) is 5.75 Å². The molecule has 0 spiro atoms. The lowest BCUT2D eigenvalue weighted by Crippen LogP contribution is -2.27. The van der Waals surface area contributed by atoms with Crippen LogP contribution in [0.4, 0.5) is 11.7 Å². The van der Waals surface area contributed by atoms with Crippen molar-refractivity contribution in [2.24, 2.45) is 5.92 Å². The van der Waals surface area contributed by atoms with Crippen LogP contribution in [0, 0.1) is 5.92 Å². The topological polar surface area (TPSA) is 127 Å². The third-order valence-electron chi connectivity index (χ3n) is 5.99. The summed E-state index contributed by atoms with van der Waals surface area (Å²) in [5.74, 6) is -0.732. The number of nitrogens with zero attached hydrogens (tertiary/aromatic N) is 2. The molecule has 4 rings (SSSR count). The fourth-order valence-electron chi connectivity index (χ4n) is 3.95. The fourth-order valence-corrected chi connectivity index (χ4v) is 3.95. The van der Waals surface area contributed by atoms with Crippen LogP contribution in [-0.4, -0.2) is 39.8 Å². The Kier molecular flexibility index (Phi) is 7.41. The summed E-state index contributed by atoms with van der Waals surface area (Å²) in [5, 5.41) is 22.6. The summed E-state index contributed by atoms with van der Waals surface area (Å²) in [7, 11) is 0. The number of ether oxygens (including phenoxy) is 1. The first-order valence-electron chi connectivity index (χ1n) is 11.4. The zero-order chi connectivity index (χ0) is 23.9. The second kappa shape index (κ2) is 10.8. The predicted octanol–water partition coefficient (Wildman–Crippen LogP) is 4.56. The summed E-state index contributed by atoms with van der Waals surface area (Å²) in [6.45, 7) is 2.67. The van der Waals surface area contributed by atoms with E-state index < -0.39 is 11.9 Å². The van der Waals surface area contributed by atoms with Crippen molar-refractivity contribution in [3.8, 4) is 5.75 Å². The van der Waals surface area contributed by atoms with Gasteiger partial charge in [-0.15, -0.1) is 5.10 Å². The van der Waals surface area contributed by atoms with Crippen LogP contribution in [0.5, 0.6) is 5.75 Å². The van der Waals surface area contributed by atoms with E-state index in [-0.39, 0.29) is 29.8 Å². The molecule has 1 atom stereocenters. The summed E-state index contributed by atoms with van der Waals surface area (Å²) in [6, 6.07) is 17.3. The molecule has 178 valence electrons. The molecule has 2 aromatic carbocycles. The van der Waals surface area contributed by atoms with Gasteiger partial charge in [0.15, 0.2) is 0 Å². The van der Waals surface area contributed by atoms with Gasteiger partial charge in [-0.2, -0.15) is 0 Å². The Bertz CT molecular complexity index is 1090. The number of hydrogen-bond acceptors (Lipinski definition) is 7. The zero-order valence-corrected chi connectivity index (χ0v) is 18.9. The van der Waals surface area contributed by atoms with Gasteiger partial charge in [0.25, 0.3) is 0 Å². The molecule has 1 saturated carbocycles. The molecule has 1 aromatic heterocycles. The highest BCUT2D eigenvalue weighted by Gasteiger charge is 2.27. The molecule has 34 heavy (non-hydrogen) atoms. The largest absolute Gasteiger partial charge is 0.490 e. The average Bonchev–Trinajstić information content (AvgIpc) is 3.34. The normalized spacial score (nSPS) is 18.6. The second-order valence-corrected chi connectivity index (χ2v) is 8.51. The molecule has 1 fully saturated rings. The number of carboxylic acids is 1. The Labute approximate surface area is 197 Å². The number of carbonyl (C=O) groups excluding carboxylic acids is 1. The van der Waals surface area contributed by atoms with E-state index in [4.69, 9.17) is 14.3 Å². The summed E-state index contributed by atoms with van der Waals surface area (Å²) in [6.07, 6.45) is 2.69. The van der Waals surface area contributed by atoms with Crippen LogP contribution in [-0.2, 0) is 4.79 Å². The highest BCUT2D eigenvalue weighted by molar-refractivity contribution is 6.00. The first kappa shape index (κ1) is 23.3. The molecule has 1 amide bonds. The Morgan fingerprint density at radius 3 is 2.44 bits per heavy atom. The number of nitrogens with one attached hydrogen (secondary N) is 2. The van der Waals surface area contributed by atoms with Crippen molar-refractivity contribution in [3.63, 3.8) is 0 Å². The highest BCUT2D eigenvalue weighted by Crippen LogP contribution is 2.28. The standard InChI is InChI=1S/C25H28N4O5/c1-16(17-5-3-2-4-6-17)15-26-25-29-28-23(34-25)22(30)27-19-9-13-21(14-10-19)33-20-11-7-18(8-12-20)24(31)32/h2-6,9-10,13-14,16,18,20H,7-8,11-12,15H2,1H3,(H,26,29)(H,27,30)(H,31,32)/t16-,18?,20?/m1/s1. The van der Waals surface area contributed by atoms with Crippen LogP contribution in [0.15, 0.2) is 59.0 Å². The number of aromatic nitrogens is 2. The molecular formula is C25H28N4O5. The quantitative estimate of drug-likeness (QED) is 0.421. The summed E-state index contributed by atoms with van der Waals surface area (Å²) < 4.78 is 11.4. The molecule has 1 heterocycles. The Morgan fingerprint density at radius 1 is 1.06 bits per heavy atom. The van der Waals surface area contributed by atoms with E-state index in [1.54, 1.807) is 24.3 Å². The fraction of sp³-hybridized carbons (Fsp3) is 0.360. The molecule has 9 heteroatoms. The molecule has 3 N–H and O–H groups in total. The van der Waals surface area contributed by atoms with Crippen LogP contribution < -0.4 is 15.4 Å².